The number of nitrogens with zero attached hydrogens (tertiary/aromatic N) is 1. The molecule has 1 heterocycles. The van der Waals surface area contributed by atoms with Crippen molar-refractivity contribution in [3.05, 3.63) is 28.8 Å². The average Bonchev–Trinajstić information content (AvgIpc) is 2.48. The highest BCUT2D eigenvalue weighted by molar-refractivity contribution is 6.31. The van der Waals surface area contributed by atoms with E-state index in [0.29, 0.717) is 36.7 Å². The number of hydrogen-bond donors (Lipinski definition) is 0. The first-order valence-corrected chi connectivity index (χ1v) is 7.22. The molecule has 2 rings (SSSR count). The van der Waals surface area contributed by atoms with Crippen LogP contribution in [0.25, 0.3) is 0 Å². The van der Waals surface area contributed by atoms with Crippen molar-refractivity contribution in [2.24, 2.45) is 5.92 Å². The van der Waals surface area contributed by atoms with Crippen molar-refractivity contribution in [3.63, 3.8) is 0 Å². The van der Waals surface area contributed by atoms with Gasteiger partial charge in [-0.3, -0.25) is 4.79 Å². The van der Waals surface area contributed by atoms with Gasteiger partial charge in [-0.25, -0.2) is 0 Å². The van der Waals surface area contributed by atoms with E-state index in [1.165, 1.54) is 0 Å². The van der Waals surface area contributed by atoms with Gasteiger partial charge in [0.05, 0.1) is 0 Å². The van der Waals surface area contributed by atoms with Crippen molar-refractivity contribution in [1.29, 1.82) is 0 Å². The Bertz CT molecular complexity index is 538. The number of halogens is 1. The minimum atomic E-state index is -1.03. The fourth-order valence-electron chi connectivity index (χ4n) is 2.31. The van der Waals surface area contributed by atoms with Crippen molar-refractivity contribution in [2.75, 3.05) is 19.7 Å². The second-order valence-electron chi connectivity index (χ2n) is 5.17. The monoisotopic (exact) mass is 310 g/mol. The highest BCUT2D eigenvalue weighted by Crippen LogP contribution is 2.21. The Morgan fingerprint density at radius 1 is 1.38 bits per heavy atom. The lowest BCUT2D eigenvalue weighted by Crippen LogP contribution is -2.45. The van der Waals surface area contributed by atoms with E-state index in [0.717, 1.165) is 5.56 Å². The van der Waals surface area contributed by atoms with Crippen LogP contribution in [0, 0.1) is 12.8 Å². The molecule has 1 fully saturated rings. The maximum absolute atomic E-state index is 12.0. The Hall–Kier alpha value is -1.75. The molecule has 1 aromatic carbocycles. The predicted octanol–water partition coefficient (Wildman–Crippen LogP) is 1.02. The lowest BCUT2D eigenvalue weighted by molar-refractivity contribution is -0.312. The summed E-state index contributed by atoms with van der Waals surface area (Å²) in [7, 11) is 0. The largest absolute Gasteiger partial charge is 0.550 e. The number of rotatable bonds is 4. The zero-order chi connectivity index (χ0) is 15.4. The van der Waals surface area contributed by atoms with Crippen molar-refractivity contribution in [1.82, 2.24) is 4.90 Å². The molecule has 0 bridgehead atoms. The summed E-state index contributed by atoms with van der Waals surface area (Å²) in [6, 6.07) is 5.21. The van der Waals surface area contributed by atoms with Crippen LogP contribution >= 0.6 is 11.6 Å². The summed E-state index contributed by atoms with van der Waals surface area (Å²) in [5.41, 5.74) is 0.886. The van der Waals surface area contributed by atoms with E-state index < -0.39 is 11.9 Å². The van der Waals surface area contributed by atoms with Crippen LogP contribution in [0.3, 0.4) is 0 Å². The summed E-state index contributed by atoms with van der Waals surface area (Å²) < 4.78 is 5.45. The van der Waals surface area contributed by atoms with Gasteiger partial charge in [0.1, 0.15) is 5.75 Å². The normalized spacial score (nSPS) is 15.8. The lowest BCUT2D eigenvalue weighted by Gasteiger charge is -2.32. The number of aliphatic carboxylic acids is 1. The van der Waals surface area contributed by atoms with Gasteiger partial charge in [-0.1, -0.05) is 11.6 Å². The van der Waals surface area contributed by atoms with Gasteiger partial charge >= 0.3 is 0 Å². The van der Waals surface area contributed by atoms with E-state index in [1.807, 2.05) is 6.92 Å². The lowest BCUT2D eigenvalue weighted by atomic mass is 9.97. The van der Waals surface area contributed by atoms with Crippen LogP contribution in [-0.4, -0.2) is 36.5 Å². The number of piperidine rings is 1. The fourth-order valence-corrected chi connectivity index (χ4v) is 2.43. The van der Waals surface area contributed by atoms with Gasteiger partial charge in [0.25, 0.3) is 5.91 Å². The van der Waals surface area contributed by atoms with Crippen LogP contribution in [-0.2, 0) is 9.59 Å². The Morgan fingerprint density at radius 3 is 2.62 bits per heavy atom. The molecule has 1 saturated heterocycles. The van der Waals surface area contributed by atoms with Gasteiger partial charge in [0, 0.05) is 30.0 Å². The van der Waals surface area contributed by atoms with Gasteiger partial charge in [-0.15, -0.1) is 0 Å². The number of aryl methyl sites for hydroxylation is 1. The number of likely N-dealkylation sites (tertiary alicyclic amines) is 1. The third-order valence-electron chi connectivity index (χ3n) is 3.67. The molecule has 1 amide bonds. The number of amides is 1. The number of carboxylic acids is 1. The van der Waals surface area contributed by atoms with Crippen LogP contribution in [0.5, 0.6) is 5.75 Å². The molecule has 1 aliphatic rings. The average molecular weight is 311 g/mol. The zero-order valence-corrected chi connectivity index (χ0v) is 12.6. The Kier molecular flexibility index (Phi) is 5.07. The molecule has 6 heteroatoms. The first-order chi connectivity index (χ1) is 9.97. The van der Waals surface area contributed by atoms with Crippen LogP contribution in [0.15, 0.2) is 18.2 Å². The number of hydrogen-bond acceptors (Lipinski definition) is 4. The van der Waals surface area contributed by atoms with E-state index in [9.17, 15) is 14.7 Å². The molecular weight excluding hydrogens is 294 g/mol. The van der Waals surface area contributed by atoms with Crippen molar-refractivity contribution >= 4 is 23.5 Å². The highest BCUT2D eigenvalue weighted by Gasteiger charge is 2.23. The quantitative estimate of drug-likeness (QED) is 0.832. The first-order valence-electron chi connectivity index (χ1n) is 6.85. The topological polar surface area (TPSA) is 69.7 Å². The second kappa shape index (κ2) is 6.80. The number of benzene rings is 1. The summed E-state index contributed by atoms with van der Waals surface area (Å²) in [5.74, 6) is -1.03. The van der Waals surface area contributed by atoms with Gasteiger partial charge in [-0.05, 0) is 43.5 Å². The summed E-state index contributed by atoms with van der Waals surface area (Å²) in [6.45, 7) is 2.67. The molecule has 1 aromatic rings. The van der Waals surface area contributed by atoms with Gasteiger partial charge in [0.2, 0.25) is 0 Å². The third-order valence-corrected chi connectivity index (χ3v) is 4.10. The smallest absolute Gasteiger partial charge is 0.260 e. The molecule has 0 unspecified atom stereocenters. The minimum absolute atomic E-state index is 0.0585. The highest BCUT2D eigenvalue weighted by atomic mass is 35.5. The number of ether oxygens (including phenoxy) is 1. The molecule has 21 heavy (non-hydrogen) atoms. The SMILES string of the molecule is Cc1cc(OCC(=O)N2CCC(C(=O)[O-])CC2)ccc1Cl. The van der Waals surface area contributed by atoms with Crippen LogP contribution in [0.4, 0.5) is 0 Å². The molecule has 0 saturated carbocycles. The summed E-state index contributed by atoms with van der Waals surface area (Å²) in [6.07, 6.45) is 0.877. The zero-order valence-electron chi connectivity index (χ0n) is 11.8. The third kappa shape index (κ3) is 4.11. The van der Waals surface area contributed by atoms with E-state index in [1.54, 1.807) is 23.1 Å². The van der Waals surface area contributed by atoms with E-state index in [4.69, 9.17) is 16.3 Å². The Balaban J connectivity index is 1.82. The molecule has 0 atom stereocenters. The predicted molar refractivity (Wildman–Crippen MR) is 76.0 cm³/mol. The number of carbonyl (C=O) groups excluding carboxylic acids is 2. The first kappa shape index (κ1) is 15.6. The number of carbonyl (C=O) groups is 2. The summed E-state index contributed by atoms with van der Waals surface area (Å²) in [5, 5.41) is 11.4. The van der Waals surface area contributed by atoms with E-state index in [-0.39, 0.29) is 12.5 Å². The molecule has 5 nitrogen and oxygen atoms in total. The summed E-state index contributed by atoms with van der Waals surface area (Å²) in [4.78, 5) is 24.4. The van der Waals surface area contributed by atoms with Crippen molar-refractivity contribution < 1.29 is 19.4 Å². The second-order valence-corrected chi connectivity index (χ2v) is 5.58. The number of carboxylic acid groups (broad SMARTS) is 1. The fraction of sp³-hybridized carbons (Fsp3) is 0.467. The van der Waals surface area contributed by atoms with Crippen LogP contribution in [0.1, 0.15) is 18.4 Å². The van der Waals surface area contributed by atoms with Gasteiger partial charge < -0.3 is 19.5 Å². The molecule has 0 aliphatic carbocycles. The Morgan fingerprint density at radius 2 is 2.05 bits per heavy atom. The maximum atomic E-state index is 12.0. The molecule has 0 radical (unpaired) electrons. The Labute approximate surface area is 128 Å². The molecule has 0 aromatic heterocycles. The molecule has 1 aliphatic heterocycles. The van der Waals surface area contributed by atoms with Crippen molar-refractivity contribution in [3.8, 4) is 5.75 Å². The van der Waals surface area contributed by atoms with Gasteiger partial charge in [-0.2, -0.15) is 0 Å². The minimum Gasteiger partial charge on any atom is -0.550 e. The maximum Gasteiger partial charge on any atom is 0.260 e. The molecular formula is C15H17ClNO4-. The van der Waals surface area contributed by atoms with E-state index in [2.05, 4.69) is 0 Å². The molecule has 0 spiro atoms. The van der Waals surface area contributed by atoms with E-state index >= 15 is 0 Å². The summed E-state index contributed by atoms with van der Waals surface area (Å²) >= 11 is 5.92. The molecule has 0 N–H and O–H groups in total. The van der Waals surface area contributed by atoms with Crippen LogP contribution in [0.2, 0.25) is 5.02 Å². The van der Waals surface area contributed by atoms with Crippen molar-refractivity contribution in [2.45, 2.75) is 19.8 Å². The molecule has 114 valence electrons. The van der Waals surface area contributed by atoms with Gasteiger partial charge in [0.15, 0.2) is 6.61 Å². The standard InChI is InChI=1S/C15H18ClNO4/c1-10-8-12(2-3-13(10)16)21-9-14(18)17-6-4-11(5-7-17)15(19)20/h2-3,8,11H,4-7,9H2,1H3,(H,19,20)/p-1. The van der Waals surface area contributed by atoms with Crippen LogP contribution < -0.4 is 9.84 Å².